The number of ether oxygens (including phenoxy) is 2. The molecule has 0 aromatic heterocycles. The van der Waals surface area contributed by atoms with Crippen molar-refractivity contribution >= 4 is 18.0 Å². The van der Waals surface area contributed by atoms with Gasteiger partial charge in [0.2, 0.25) is 0 Å². The maximum atomic E-state index is 11.8. The van der Waals surface area contributed by atoms with E-state index in [-0.39, 0.29) is 18.0 Å². The summed E-state index contributed by atoms with van der Waals surface area (Å²) in [6, 6.07) is 8.47. The van der Waals surface area contributed by atoms with Crippen LogP contribution in [0.15, 0.2) is 42.5 Å². The van der Waals surface area contributed by atoms with Gasteiger partial charge < -0.3 is 9.47 Å². The first-order chi connectivity index (χ1) is 13.6. The number of hydrogen-bond donors (Lipinski definition) is 0. The van der Waals surface area contributed by atoms with Crippen molar-refractivity contribution in [2.75, 3.05) is 0 Å². The predicted molar refractivity (Wildman–Crippen MR) is 114 cm³/mol. The molecule has 2 fully saturated rings. The molecular weight excluding hydrogens is 364 g/mol. The van der Waals surface area contributed by atoms with Crippen LogP contribution in [0, 0.1) is 11.8 Å². The highest BCUT2D eigenvalue weighted by Crippen LogP contribution is 2.60. The summed E-state index contributed by atoms with van der Waals surface area (Å²) in [6.07, 6.45) is 7.39. The second kappa shape index (κ2) is 8.56. The van der Waals surface area contributed by atoms with E-state index in [9.17, 15) is 9.59 Å². The van der Waals surface area contributed by atoms with Gasteiger partial charge in [0.1, 0.15) is 11.7 Å². The third-order valence-electron chi connectivity index (χ3n) is 5.74. The van der Waals surface area contributed by atoms with Gasteiger partial charge in [0.15, 0.2) is 0 Å². The lowest BCUT2D eigenvalue weighted by Crippen LogP contribution is -2.22. The molecule has 0 heterocycles. The Balaban J connectivity index is 1.52. The van der Waals surface area contributed by atoms with Crippen molar-refractivity contribution < 1.29 is 19.1 Å². The Morgan fingerprint density at radius 3 is 2.14 bits per heavy atom. The number of fused-ring (bicyclic) bond motifs is 1. The van der Waals surface area contributed by atoms with Crippen LogP contribution in [0.4, 0.5) is 0 Å². The van der Waals surface area contributed by atoms with Crippen molar-refractivity contribution in [3.63, 3.8) is 0 Å². The van der Waals surface area contributed by atoms with Gasteiger partial charge in [-0.3, -0.25) is 0 Å². The number of carbonyl (C=O) groups is 2. The van der Waals surface area contributed by atoms with E-state index >= 15 is 0 Å². The smallest absolute Gasteiger partial charge is 0.333 e. The van der Waals surface area contributed by atoms with Gasteiger partial charge in [-0.25, -0.2) is 9.59 Å². The van der Waals surface area contributed by atoms with Gasteiger partial charge in [-0.2, -0.15) is 0 Å². The highest BCUT2D eigenvalue weighted by molar-refractivity contribution is 5.87. The zero-order valence-electron chi connectivity index (χ0n) is 17.9. The van der Waals surface area contributed by atoms with Crippen molar-refractivity contribution in [3.8, 4) is 0 Å². The molecule has 3 rings (SSSR count). The van der Waals surface area contributed by atoms with E-state index in [4.69, 9.17) is 9.47 Å². The standard InChI is InChI=1S/C25H32O4/c1-16(2)24(27)28-19-11-13-20-21(14-12-19)23(20)18-9-6-17(7-10-18)8-15-22(26)29-25(3,4)5/h6-10,15,19-21,23H,1,11-14H2,2-5H3/b15-8+. The third kappa shape index (κ3) is 5.81. The highest BCUT2D eigenvalue weighted by Gasteiger charge is 2.51. The summed E-state index contributed by atoms with van der Waals surface area (Å²) in [5, 5.41) is 0. The summed E-state index contributed by atoms with van der Waals surface area (Å²) in [5.74, 6) is 1.39. The topological polar surface area (TPSA) is 52.6 Å². The van der Waals surface area contributed by atoms with Crippen LogP contribution in [-0.2, 0) is 19.1 Å². The molecule has 4 nitrogen and oxygen atoms in total. The van der Waals surface area contributed by atoms with E-state index in [0.717, 1.165) is 31.2 Å². The molecule has 0 N–H and O–H groups in total. The first-order valence-electron chi connectivity index (χ1n) is 10.5. The molecule has 2 aliphatic rings. The Bertz CT molecular complexity index is 783. The van der Waals surface area contributed by atoms with Crippen LogP contribution in [0.25, 0.3) is 6.08 Å². The SMILES string of the molecule is C=C(C)C(=O)OC1CCC2C(CC1)C2c1ccc(/C=C/C(=O)OC(C)(C)C)cc1. The zero-order valence-corrected chi connectivity index (χ0v) is 17.9. The van der Waals surface area contributed by atoms with E-state index in [1.807, 2.05) is 20.8 Å². The van der Waals surface area contributed by atoms with E-state index < -0.39 is 5.60 Å². The molecule has 1 aromatic rings. The van der Waals surface area contributed by atoms with Gasteiger partial charge in [-0.15, -0.1) is 0 Å². The molecule has 0 radical (unpaired) electrons. The fourth-order valence-electron chi connectivity index (χ4n) is 4.33. The minimum atomic E-state index is -0.478. The molecular formula is C25H32O4. The van der Waals surface area contributed by atoms with Gasteiger partial charge in [0.05, 0.1) is 0 Å². The molecule has 156 valence electrons. The van der Waals surface area contributed by atoms with E-state index in [1.165, 1.54) is 11.6 Å². The maximum absolute atomic E-state index is 11.8. The van der Waals surface area contributed by atoms with E-state index in [2.05, 4.69) is 30.8 Å². The molecule has 1 aromatic carbocycles. The fraction of sp³-hybridized carbons (Fsp3) is 0.520. The Hall–Kier alpha value is -2.36. The van der Waals surface area contributed by atoms with Crippen molar-refractivity contribution in [2.24, 2.45) is 11.8 Å². The number of carbonyl (C=O) groups excluding carboxylic acids is 2. The molecule has 2 aliphatic carbocycles. The lowest BCUT2D eigenvalue weighted by Gasteiger charge is -2.17. The van der Waals surface area contributed by atoms with Crippen LogP contribution in [0.5, 0.6) is 0 Å². The summed E-state index contributed by atoms with van der Waals surface area (Å²) in [7, 11) is 0. The van der Waals surface area contributed by atoms with Crippen LogP contribution in [0.1, 0.15) is 70.4 Å². The summed E-state index contributed by atoms with van der Waals surface area (Å²) in [4.78, 5) is 23.5. The number of hydrogen-bond acceptors (Lipinski definition) is 4. The van der Waals surface area contributed by atoms with Crippen LogP contribution >= 0.6 is 0 Å². The second-order valence-electron chi connectivity index (χ2n) is 9.35. The summed E-state index contributed by atoms with van der Waals surface area (Å²) in [6.45, 7) is 10.9. The zero-order chi connectivity index (χ0) is 21.2. The minimum absolute atomic E-state index is 0.0352. The monoisotopic (exact) mass is 396 g/mol. The Labute approximate surface area is 174 Å². The average Bonchev–Trinajstić information content (AvgIpc) is 3.36. The summed E-state index contributed by atoms with van der Waals surface area (Å²) >= 11 is 0. The number of benzene rings is 1. The molecule has 2 atom stereocenters. The Morgan fingerprint density at radius 2 is 1.62 bits per heavy atom. The van der Waals surface area contributed by atoms with Crippen molar-refractivity contribution in [2.45, 2.75) is 71.0 Å². The lowest BCUT2D eigenvalue weighted by molar-refractivity contribution is -0.148. The molecule has 0 bridgehead atoms. The second-order valence-corrected chi connectivity index (χ2v) is 9.35. The Morgan fingerprint density at radius 1 is 1.03 bits per heavy atom. The fourth-order valence-corrected chi connectivity index (χ4v) is 4.33. The van der Waals surface area contributed by atoms with Gasteiger partial charge in [-0.1, -0.05) is 30.8 Å². The number of esters is 2. The Kier molecular flexibility index (Phi) is 6.30. The van der Waals surface area contributed by atoms with Gasteiger partial charge in [-0.05, 0) is 88.3 Å². The number of rotatable bonds is 5. The molecule has 0 amide bonds. The van der Waals surface area contributed by atoms with Crippen molar-refractivity contribution in [3.05, 3.63) is 53.6 Å². The van der Waals surface area contributed by atoms with Crippen molar-refractivity contribution in [1.82, 2.24) is 0 Å². The maximum Gasteiger partial charge on any atom is 0.333 e. The highest BCUT2D eigenvalue weighted by atomic mass is 16.6. The van der Waals surface area contributed by atoms with Gasteiger partial charge in [0.25, 0.3) is 0 Å². The molecule has 0 aliphatic heterocycles. The van der Waals surface area contributed by atoms with E-state index in [1.54, 1.807) is 13.0 Å². The predicted octanol–water partition coefficient (Wildman–Crippen LogP) is 5.43. The largest absolute Gasteiger partial charge is 0.459 e. The summed E-state index contributed by atoms with van der Waals surface area (Å²) < 4.78 is 10.8. The van der Waals surface area contributed by atoms with Gasteiger partial charge in [0, 0.05) is 11.6 Å². The van der Waals surface area contributed by atoms with Crippen LogP contribution < -0.4 is 0 Å². The van der Waals surface area contributed by atoms with Crippen LogP contribution in [0.3, 0.4) is 0 Å². The first-order valence-corrected chi connectivity index (χ1v) is 10.5. The molecule has 2 unspecified atom stereocenters. The lowest BCUT2D eigenvalue weighted by atomic mass is 10.0. The first kappa shape index (κ1) is 21.4. The molecule has 0 spiro atoms. The van der Waals surface area contributed by atoms with Gasteiger partial charge >= 0.3 is 11.9 Å². The van der Waals surface area contributed by atoms with E-state index in [0.29, 0.717) is 23.3 Å². The normalized spacial score (nSPS) is 26.3. The molecule has 2 saturated carbocycles. The molecule has 29 heavy (non-hydrogen) atoms. The quantitative estimate of drug-likeness (QED) is 0.492. The van der Waals surface area contributed by atoms with Crippen LogP contribution in [-0.4, -0.2) is 23.6 Å². The minimum Gasteiger partial charge on any atom is -0.459 e. The average molecular weight is 397 g/mol. The molecule has 0 saturated heterocycles. The van der Waals surface area contributed by atoms with Crippen LogP contribution in [0.2, 0.25) is 0 Å². The third-order valence-corrected chi connectivity index (χ3v) is 5.74. The van der Waals surface area contributed by atoms with Crippen molar-refractivity contribution in [1.29, 1.82) is 0 Å². The summed E-state index contributed by atoms with van der Waals surface area (Å²) in [5.41, 5.74) is 2.35. The molecule has 4 heteroatoms.